The van der Waals surface area contributed by atoms with Crippen LogP contribution >= 0.6 is 23.2 Å². The molecule has 1 aromatic rings. The van der Waals surface area contributed by atoms with Crippen molar-refractivity contribution in [2.45, 2.75) is 6.92 Å². The number of hydrogen-bond acceptors (Lipinski definition) is 4. The van der Waals surface area contributed by atoms with Crippen molar-refractivity contribution in [3.63, 3.8) is 0 Å². The smallest absolute Gasteiger partial charge is 0.251 e. The van der Waals surface area contributed by atoms with Gasteiger partial charge >= 0.3 is 0 Å². The molecule has 0 saturated carbocycles. The van der Waals surface area contributed by atoms with Gasteiger partial charge in [-0.25, -0.2) is 4.99 Å². The van der Waals surface area contributed by atoms with E-state index in [-0.39, 0.29) is 5.95 Å². The number of halogens is 2. The zero-order valence-corrected chi connectivity index (χ0v) is 10.3. The summed E-state index contributed by atoms with van der Waals surface area (Å²) in [7, 11) is 3.89. The average Bonchev–Trinajstić information content (AvgIpc) is 2.13. The van der Waals surface area contributed by atoms with Crippen LogP contribution in [-0.4, -0.2) is 41.7 Å². The zero-order chi connectivity index (χ0) is 11.4. The molecule has 1 heterocycles. The summed E-state index contributed by atoms with van der Waals surface area (Å²) in [5.74, 6) is 0.289. The first-order valence-corrected chi connectivity index (χ1v) is 5.13. The van der Waals surface area contributed by atoms with E-state index >= 15 is 0 Å². The molecule has 15 heavy (non-hydrogen) atoms. The standard InChI is InChI=1S/C9H12Cl2N4/c1-6-7(10)13-9(14-8(6)11)12-4-5-15(2)3/h4H,5H2,1-3H3. The highest BCUT2D eigenvalue weighted by Crippen LogP contribution is 2.22. The molecule has 1 rings (SSSR count). The van der Waals surface area contributed by atoms with Gasteiger partial charge in [-0.05, 0) is 21.0 Å². The van der Waals surface area contributed by atoms with E-state index in [0.29, 0.717) is 22.4 Å². The highest BCUT2D eigenvalue weighted by atomic mass is 35.5. The number of aliphatic imine (C=N–C) groups is 1. The van der Waals surface area contributed by atoms with Crippen molar-refractivity contribution in [1.82, 2.24) is 14.9 Å². The fourth-order valence-electron chi connectivity index (χ4n) is 0.797. The third-order valence-electron chi connectivity index (χ3n) is 1.67. The SMILES string of the molecule is Cc1c(Cl)nc(N=CCN(C)C)nc1Cl. The summed E-state index contributed by atoms with van der Waals surface area (Å²) in [4.78, 5) is 14.0. The van der Waals surface area contributed by atoms with Gasteiger partial charge in [0, 0.05) is 18.3 Å². The van der Waals surface area contributed by atoms with Gasteiger partial charge in [-0.1, -0.05) is 23.2 Å². The van der Waals surface area contributed by atoms with E-state index in [1.807, 2.05) is 19.0 Å². The maximum absolute atomic E-state index is 5.84. The molecule has 0 N–H and O–H groups in total. The van der Waals surface area contributed by atoms with Gasteiger partial charge in [0.15, 0.2) is 0 Å². The molecule has 0 atom stereocenters. The summed E-state index contributed by atoms with van der Waals surface area (Å²) in [5, 5.41) is 0.680. The van der Waals surface area contributed by atoms with Crippen LogP contribution in [0.4, 0.5) is 5.95 Å². The summed E-state index contributed by atoms with van der Waals surface area (Å²) >= 11 is 11.7. The van der Waals surface area contributed by atoms with Crippen LogP contribution in [0.15, 0.2) is 4.99 Å². The minimum absolute atomic E-state index is 0.289. The van der Waals surface area contributed by atoms with Crippen LogP contribution in [0.1, 0.15) is 5.56 Å². The Morgan fingerprint density at radius 2 is 1.80 bits per heavy atom. The lowest BCUT2D eigenvalue weighted by Crippen LogP contribution is -2.13. The Morgan fingerprint density at radius 1 is 1.27 bits per heavy atom. The van der Waals surface area contributed by atoms with Gasteiger partial charge in [-0.3, -0.25) is 0 Å². The lowest BCUT2D eigenvalue weighted by atomic mass is 10.4. The number of nitrogens with zero attached hydrogens (tertiary/aromatic N) is 4. The van der Waals surface area contributed by atoms with Gasteiger partial charge in [0.1, 0.15) is 10.3 Å². The Kier molecular flexibility index (Phi) is 4.45. The molecule has 0 amide bonds. The van der Waals surface area contributed by atoms with Crippen molar-refractivity contribution in [3.05, 3.63) is 15.9 Å². The molecule has 0 spiro atoms. The third kappa shape index (κ3) is 3.74. The first-order chi connectivity index (χ1) is 7.00. The lowest BCUT2D eigenvalue weighted by Gasteiger charge is -2.03. The Bertz CT molecular complexity index is 353. The molecule has 0 unspecified atom stereocenters. The molecule has 6 heteroatoms. The second-order valence-corrected chi connectivity index (χ2v) is 4.02. The normalized spacial score (nSPS) is 11.6. The lowest BCUT2D eigenvalue weighted by molar-refractivity contribution is 0.473. The van der Waals surface area contributed by atoms with Crippen LogP contribution in [0, 0.1) is 6.92 Å². The molecule has 1 aromatic heterocycles. The van der Waals surface area contributed by atoms with Crippen molar-refractivity contribution < 1.29 is 0 Å². The highest BCUT2D eigenvalue weighted by molar-refractivity contribution is 6.34. The second-order valence-electron chi connectivity index (χ2n) is 3.30. The van der Waals surface area contributed by atoms with Crippen LogP contribution in [0.5, 0.6) is 0 Å². The zero-order valence-electron chi connectivity index (χ0n) is 8.83. The van der Waals surface area contributed by atoms with Crippen LogP contribution in [0.3, 0.4) is 0 Å². The molecule has 0 fully saturated rings. The van der Waals surface area contributed by atoms with Crippen LogP contribution in [0.25, 0.3) is 0 Å². The van der Waals surface area contributed by atoms with Gasteiger partial charge in [-0.2, -0.15) is 9.97 Å². The van der Waals surface area contributed by atoms with Gasteiger partial charge < -0.3 is 4.90 Å². The number of rotatable bonds is 3. The Labute approximate surface area is 99.0 Å². The van der Waals surface area contributed by atoms with Gasteiger partial charge in [-0.15, -0.1) is 0 Å². The van der Waals surface area contributed by atoms with E-state index in [4.69, 9.17) is 23.2 Å². The average molecular weight is 247 g/mol. The molecule has 0 bridgehead atoms. The van der Waals surface area contributed by atoms with E-state index in [1.165, 1.54) is 0 Å². The fraction of sp³-hybridized carbons (Fsp3) is 0.444. The number of hydrogen-bond donors (Lipinski definition) is 0. The van der Waals surface area contributed by atoms with Crippen molar-refractivity contribution in [1.29, 1.82) is 0 Å². The first kappa shape index (κ1) is 12.4. The summed E-state index contributed by atoms with van der Waals surface area (Å²) in [5.41, 5.74) is 0.671. The molecule has 0 saturated heterocycles. The summed E-state index contributed by atoms with van der Waals surface area (Å²) in [6.07, 6.45) is 1.71. The van der Waals surface area contributed by atoms with E-state index in [2.05, 4.69) is 15.0 Å². The quantitative estimate of drug-likeness (QED) is 0.608. The number of aromatic nitrogens is 2. The predicted octanol–water partition coefficient (Wildman–Crippen LogP) is 2.36. The molecule has 0 aliphatic carbocycles. The van der Waals surface area contributed by atoms with Crippen LogP contribution < -0.4 is 0 Å². The van der Waals surface area contributed by atoms with Crippen LogP contribution in [0.2, 0.25) is 10.3 Å². The van der Waals surface area contributed by atoms with E-state index < -0.39 is 0 Å². The Hall–Kier alpha value is -0.710. The Balaban J connectivity index is 2.83. The van der Waals surface area contributed by atoms with Crippen LogP contribution in [-0.2, 0) is 0 Å². The third-order valence-corrected chi connectivity index (χ3v) is 2.40. The second kappa shape index (κ2) is 5.39. The highest BCUT2D eigenvalue weighted by Gasteiger charge is 2.05. The van der Waals surface area contributed by atoms with Crippen molar-refractivity contribution in [3.8, 4) is 0 Å². The minimum atomic E-state index is 0.289. The van der Waals surface area contributed by atoms with E-state index in [9.17, 15) is 0 Å². The molecule has 0 radical (unpaired) electrons. The topological polar surface area (TPSA) is 41.4 Å². The van der Waals surface area contributed by atoms with Gasteiger partial charge in [0.25, 0.3) is 5.95 Å². The molecule has 4 nitrogen and oxygen atoms in total. The van der Waals surface area contributed by atoms with Gasteiger partial charge in [0.05, 0.1) is 0 Å². The largest absolute Gasteiger partial charge is 0.304 e. The van der Waals surface area contributed by atoms with Crippen molar-refractivity contribution >= 4 is 35.4 Å². The van der Waals surface area contributed by atoms with E-state index in [1.54, 1.807) is 13.1 Å². The molecule has 0 aliphatic rings. The summed E-state index contributed by atoms with van der Waals surface area (Å²) in [6.45, 7) is 2.48. The monoisotopic (exact) mass is 246 g/mol. The molecule has 0 aromatic carbocycles. The molecule has 0 aliphatic heterocycles. The minimum Gasteiger partial charge on any atom is -0.304 e. The maximum atomic E-state index is 5.84. The Morgan fingerprint density at radius 3 is 2.27 bits per heavy atom. The molecular weight excluding hydrogens is 235 g/mol. The van der Waals surface area contributed by atoms with Crippen molar-refractivity contribution in [2.24, 2.45) is 4.99 Å². The van der Waals surface area contributed by atoms with Crippen molar-refractivity contribution in [2.75, 3.05) is 20.6 Å². The predicted molar refractivity (Wildman–Crippen MR) is 63.5 cm³/mol. The van der Waals surface area contributed by atoms with E-state index in [0.717, 1.165) is 0 Å². The first-order valence-electron chi connectivity index (χ1n) is 4.37. The molecular formula is C9H12Cl2N4. The van der Waals surface area contributed by atoms with Gasteiger partial charge in [0.2, 0.25) is 0 Å². The maximum Gasteiger partial charge on any atom is 0.251 e. The fourth-order valence-corrected chi connectivity index (χ4v) is 1.18. The summed E-state index contributed by atoms with van der Waals surface area (Å²) < 4.78 is 0. The molecule has 82 valence electrons. The summed E-state index contributed by atoms with van der Waals surface area (Å²) in [6, 6.07) is 0.